The van der Waals surface area contributed by atoms with Gasteiger partial charge in [-0.25, -0.2) is 0 Å². The second kappa shape index (κ2) is 2.57. The highest BCUT2D eigenvalue weighted by Gasteiger charge is 2.04. The maximum absolute atomic E-state index is 3.24. The molecule has 1 unspecified atom stereocenters. The van der Waals surface area contributed by atoms with Gasteiger partial charge in [0.25, 0.3) is 0 Å². The Labute approximate surface area is 66.4 Å². The van der Waals surface area contributed by atoms with E-state index in [2.05, 4.69) is 30.1 Å². The van der Waals surface area contributed by atoms with E-state index in [9.17, 15) is 0 Å². The third-order valence-corrected chi connectivity index (χ3v) is 2.38. The van der Waals surface area contributed by atoms with Crippen molar-refractivity contribution >= 4 is 12.2 Å². The van der Waals surface area contributed by atoms with Crippen LogP contribution in [0, 0.1) is 5.92 Å². The van der Waals surface area contributed by atoms with Gasteiger partial charge in [-0.15, -0.1) is 0 Å². The lowest BCUT2D eigenvalue weighted by Crippen LogP contribution is -2.26. The van der Waals surface area contributed by atoms with Gasteiger partial charge in [-0.1, -0.05) is 19.1 Å². The van der Waals surface area contributed by atoms with Crippen LogP contribution in [0.3, 0.4) is 0 Å². The van der Waals surface area contributed by atoms with E-state index in [1.54, 1.807) is 0 Å². The maximum Gasteiger partial charge on any atom is 0.0413 e. The molecule has 0 saturated heterocycles. The minimum absolute atomic E-state index is 0.751. The number of aromatic amines is 1. The fourth-order valence-electron chi connectivity index (χ4n) is 1.58. The highest BCUT2D eigenvalue weighted by Crippen LogP contribution is 2.11. The molecule has 2 rings (SSSR count). The largest absolute Gasteiger partial charge is 0.361 e. The Hall–Kier alpha value is -0.980. The Morgan fingerprint density at radius 2 is 2.55 bits per heavy atom. The van der Waals surface area contributed by atoms with E-state index in [4.69, 9.17) is 0 Å². The lowest BCUT2D eigenvalue weighted by Gasteiger charge is -2.08. The fourth-order valence-corrected chi connectivity index (χ4v) is 1.58. The van der Waals surface area contributed by atoms with Crippen molar-refractivity contribution in [3.63, 3.8) is 0 Å². The highest BCUT2D eigenvalue weighted by molar-refractivity contribution is 5.38. The zero-order valence-electron chi connectivity index (χ0n) is 6.80. The molecule has 1 N–H and O–H groups in total. The summed E-state index contributed by atoms with van der Waals surface area (Å²) in [5, 5.41) is 2.68. The Balaban J connectivity index is 2.53. The quantitative estimate of drug-likeness (QED) is 0.610. The van der Waals surface area contributed by atoms with Crippen molar-refractivity contribution in [1.82, 2.24) is 4.98 Å². The predicted octanol–water partition coefficient (Wildman–Crippen LogP) is 1.01. The van der Waals surface area contributed by atoms with E-state index in [0.29, 0.717) is 0 Å². The summed E-state index contributed by atoms with van der Waals surface area (Å²) >= 11 is 0. The number of rotatable bonds is 1. The van der Waals surface area contributed by atoms with E-state index in [0.717, 1.165) is 5.92 Å². The van der Waals surface area contributed by atoms with Crippen LogP contribution in [-0.4, -0.2) is 4.98 Å². The molecule has 0 amide bonds. The van der Waals surface area contributed by atoms with Crippen LogP contribution in [0.2, 0.25) is 0 Å². The third kappa shape index (κ3) is 1.11. The number of nitrogens with one attached hydrogen (secondary N) is 1. The van der Waals surface area contributed by atoms with Crippen LogP contribution in [0.15, 0.2) is 12.3 Å². The Bertz CT molecular complexity index is 345. The molecule has 0 aromatic carbocycles. The molecule has 1 aromatic rings. The first kappa shape index (κ1) is 6.71. The van der Waals surface area contributed by atoms with E-state index in [1.165, 1.54) is 23.4 Å². The lowest BCUT2D eigenvalue weighted by atomic mass is 9.98. The van der Waals surface area contributed by atoms with Gasteiger partial charge < -0.3 is 4.98 Å². The molecule has 0 radical (unpaired) electrons. The first-order valence-corrected chi connectivity index (χ1v) is 4.25. The van der Waals surface area contributed by atoms with Gasteiger partial charge in [-0.2, -0.15) is 0 Å². The molecular formula is C10H13N. The van der Waals surface area contributed by atoms with Gasteiger partial charge in [-0.05, 0) is 30.0 Å². The molecule has 1 heteroatoms. The molecule has 11 heavy (non-hydrogen) atoms. The average Bonchev–Trinajstić information content (AvgIpc) is 2.50. The van der Waals surface area contributed by atoms with Crippen LogP contribution >= 0.6 is 0 Å². The Morgan fingerprint density at radius 3 is 3.36 bits per heavy atom. The van der Waals surface area contributed by atoms with Gasteiger partial charge in [0.15, 0.2) is 0 Å². The maximum atomic E-state index is 3.24. The van der Waals surface area contributed by atoms with Crippen molar-refractivity contribution in [3.05, 3.63) is 22.8 Å². The van der Waals surface area contributed by atoms with Crippen molar-refractivity contribution in [1.29, 1.82) is 0 Å². The summed E-state index contributed by atoms with van der Waals surface area (Å²) in [4.78, 5) is 3.24. The van der Waals surface area contributed by atoms with Gasteiger partial charge in [-0.3, -0.25) is 0 Å². The van der Waals surface area contributed by atoms with E-state index >= 15 is 0 Å². The predicted molar refractivity (Wildman–Crippen MR) is 47.4 cm³/mol. The monoisotopic (exact) mass is 147 g/mol. The van der Waals surface area contributed by atoms with Crippen molar-refractivity contribution in [2.75, 3.05) is 0 Å². The summed E-state index contributed by atoms with van der Waals surface area (Å²) in [5.74, 6) is 0.751. The molecule has 0 bridgehead atoms. The van der Waals surface area contributed by atoms with Crippen LogP contribution in [0.1, 0.15) is 19.8 Å². The van der Waals surface area contributed by atoms with Crippen LogP contribution in [-0.2, 0) is 0 Å². The van der Waals surface area contributed by atoms with Crippen molar-refractivity contribution in [3.8, 4) is 0 Å². The van der Waals surface area contributed by atoms with Crippen LogP contribution in [0.5, 0.6) is 0 Å². The number of H-pyrrole nitrogens is 1. The van der Waals surface area contributed by atoms with Crippen LogP contribution in [0.25, 0.3) is 12.2 Å². The summed E-state index contributed by atoms with van der Waals surface area (Å²) in [6.45, 7) is 2.24. The summed E-state index contributed by atoms with van der Waals surface area (Å²) in [5.41, 5.74) is 0. The molecule has 58 valence electrons. The molecule has 0 saturated carbocycles. The average molecular weight is 147 g/mol. The third-order valence-electron chi connectivity index (χ3n) is 2.38. The first-order valence-electron chi connectivity index (χ1n) is 4.25. The SMILES string of the molecule is CCC1C=c2[nH]ccc2=CC1. The van der Waals surface area contributed by atoms with Gasteiger partial charge in [0.05, 0.1) is 0 Å². The van der Waals surface area contributed by atoms with Crippen LogP contribution in [0.4, 0.5) is 0 Å². The van der Waals surface area contributed by atoms with Gasteiger partial charge >= 0.3 is 0 Å². The van der Waals surface area contributed by atoms with Gasteiger partial charge in [0, 0.05) is 11.5 Å². The number of hydrogen-bond donors (Lipinski definition) is 1. The second-order valence-electron chi connectivity index (χ2n) is 3.12. The molecule has 1 aromatic heterocycles. The molecular weight excluding hydrogens is 134 g/mol. The molecule has 0 spiro atoms. The summed E-state index contributed by atoms with van der Waals surface area (Å²) in [6.07, 6.45) is 9.13. The van der Waals surface area contributed by atoms with Crippen LogP contribution < -0.4 is 10.6 Å². The zero-order valence-corrected chi connectivity index (χ0v) is 6.80. The smallest absolute Gasteiger partial charge is 0.0413 e. The standard InChI is InChI=1S/C10H13N/c1-2-8-3-4-9-5-6-11-10(9)7-8/h4-8,11H,2-3H2,1H3. The topological polar surface area (TPSA) is 15.8 Å². The van der Waals surface area contributed by atoms with Crippen molar-refractivity contribution < 1.29 is 0 Å². The summed E-state index contributed by atoms with van der Waals surface area (Å²) in [7, 11) is 0. The van der Waals surface area contributed by atoms with Gasteiger partial charge in [0.2, 0.25) is 0 Å². The molecule has 1 aliphatic carbocycles. The summed E-state index contributed by atoms with van der Waals surface area (Å²) < 4.78 is 0. The molecule has 1 atom stereocenters. The van der Waals surface area contributed by atoms with E-state index < -0.39 is 0 Å². The minimum atomic E-state index is 0.751. The Kier molecular flexibility index (Phi) is 1.57. The lowest BCUT2D eigenvalue weighted by molar-refractivity contribution is 0.680. The normalized spacial score (nSPS) is 21.7. The van der Waals surface area contributed by atoms with Crippen molar-refractivity contribution in [2.24, 2.45) is 5.92 Å². The van der Waals surface area contributed by atoms with Gasteiger partial charge in [0.1, 0.15) is 0 Å². The zero-order chi connectivity index (χ0) is 7.68. The Morgan fingerprint density at radius 1 is 1.64 bits per heavy atom. The second-order valence-corrected chi connectivity index (χ2v) is 3.12. The fraction of sp³-hybridized carbons (Fsp3) is 0.400. The molecule has 1 heterocycles. The molecule has 0 fully saturated rings. The number of hydrogen-bond acceptors (Lipinski definition) is 0. The first-order chi connectivity index (χ1) is 5.40. The minimum Gasteiger partial charge on any atom is -0.361 e. The van der Waals surface area contributed by atoms with E-state index in [-0.39, 0.29) is 0 Å². The summed E-state index contributed by atoms with van der Waals surface area (Å²) in [6, 6.07) is 2.14. The molecule has 0 aliphatic heterocycles. The number of aromatic nitrogens is 1. The number of fused-ring (bicyclic) bond motifs is 1. The molecule has 1 aliphatic rings. The van der Waals surface area contributed by atoms with Crippen molar-refractivity contribution in [2.45, 2.75) is 19.8 Å². The highest BCUT2D eigenvalue weighted by atomic mass is 14.6. The molecule has 1 nitrogen and oxygen atoms in total. The van der Waals surface area contributed by atoms with E-state index in [1.807, 2.05) is 6.20 Å².